The van der Waals surface area contributed by atoms with E-state index in [0.29, 0.717) is 11.5 Å². The van der Waals surface area contributed by atoms with Crippen LogP contribution in [0.3, 0.4) is 0 Å². The Labute approximate surface area is 112 Å². The molecule has 2 rings (SSSR count). The lowest BCUT2D eigenvalue weighted by Crippen LogP contribution is -2.11. The summed E-state index contributed by atoms with van der Waals surface area (Å²) in [4.78, 5) is 8.16. The molecule has 19 heavy (non-hydrogen) atoms. The summed E-state index contributed by atoms with van der Waals surface area (Å²) in [6, 6.07) is 11.1. The van der Waals surface area contributed by atoms with Gasteiger partial charge in [0.2, 0.25) is 15.0 Å². The number of nitrogens with zero attached hydrogens (tertiary/aromatic N) is 2. The van der Waals surface area contributed by atoms with Gasteiger partial charge in [-0.25, -0.2) is 18.4 Å². The topological polar surface area (TPSA) is 72.0 Å². The number of nitrogens with one attached hydrogen (secondary N) is 1. The van der Waals surface area contributed by atoms with Crippen LogP contribution < -0.4 is 5.32 Å². The largest absolute Gasteiger partial charge is 0.373 e. The standard InChI is InChI=1S/C13H15N3O2S/c1-3-19(17,18)13-15-11(9-12(14-2)16-13)10-7-5-4-6-8-10/h4-9H,3H2,1-2H3,(H,14,15,16). The summed E-state index contributed by atoms with van der Waals surface area (Å²) in [7, 11) is -1.73. The highest BCUT2D eigenvalue weighted by Gasteiger charge is 2.17. The molecule has 0 radical (unpaired) electrons. The Hall–Kier alpha value is -1.95. The molecular formula is C13H15N3O2S. The second-order valence-corrected chi connectivity index (χ2v) is 6.11. The molecule has 0 amide bonds. The molecule has 0 aliphatic rings. The average molecular weight is 277 g/mol. The van der Waals surface area contributed by atoms with Crippen LogP contribution in [0.25, 0.3) is 11.3 Å². The van der Waals surface area contributed by atoms with Crippen molar-refractivity contribution in [1.29, 1.82) is 0 Å². The van der Waals surface area contributed by atoms with Crippen LogP contribution in [0.2, 0.25) is 0 Å². The lowest BCUT2D eigenvalue weighted by Gasteiger charge is -2.07. The van der Waals surface area contributed by atoms with Gasteiger partial charge >= 0.3 is 0 Å². The van der Waals surface area contributed by atoms with Crippen molar-refractivity contribution in [3.05, 3.63) is 36.4 Å². The van der Waals surface area contributed by atoms with E-state index in [1.807, 2.05) is 30.3 Å². The second-order valence-electron chi connectivity index (χ2n) is 3.94. The van der Waals surface area contributed by atoms with Gasteiger partial charge in [-0.2, -0.15) is 0 Å². The van der Waals surface area contributed by atoms with Crippen LogP contribution in [0.4, 0.5) is 5.82 Å². The van der Waals surface area contributed by atoms with Gasteiger partial charge in [0, 0.05) is 18.7 Å². The Morgan fingerprint density at radius 2 is 1.84 bits per heavy atom. The van der Waals surface area contributed by atoms with Crippen molar-refractivity contribution in [1.82, 2.24) is 9.97 Å². The summed E-state index contributed by atoms with van der Waals surface area (Å²) in [6.45, 7) is 1.58. The number of anilines is 1. The Morgan fingerprint density at radius 3 is 2.42 bits per heavy atom. The van der Waals surface area contributed by atoms with Crippen molar-refractivity contribution in [3.8, 4) is 11.3 Å². The monoisotopic (exact) mass is 277 g/mol. The quantitative estimate of drug-likeness (QED) is 0.865. The molecule has 0 bridgehead atoms. The third kappa shape index (κ3) is 2.90. The van der Waals surface area contributed by atoms with E-state index in [4.69, 9.17) is 0 Å². The molecule has 0 aliphatic heterocycles. The van der Waals surface area contributed by atoms with Gasteiger partial charge in [-0.05, 0) is 0 Å². The van der Waals surface area contributed by atoms with Crippen LogP contribution in [0, 0.1) is 0 Å². The van der Waals surface area contributed by atoms with E-state index in [9.17, 15) is 8.42 Å². The zero-order chi connectivity index (χ0) is 13.9. The van der Waals surface area contributed by atoms with Crippen LogP contribution in [0.15, 0.2) is 41.6 Å². The van der Waals surface area contributed by atoms with E-state index >= 15 is 0 Å². The molecule has 100 valence electrons. The predicted octanol–water partition coefficient (Wildman–Crippen LogP) is 1.98. The van der Waals surface area contributed by atoms with Crippen LogP contribution in [-0.2, 0) is 9.84 Å². The lowest BCUT2D eigenvalue weighted by atomic mass is 10.1. The maximum atomic E-state index is 11.9. The van der Waals surface area contributed by atoms with Gasteiger partial charge in [-0.15, -0.1) is 0 Å². The highest BCUT2D eigenvalue weighted by Crippen LogP contribution is 2.21. The smallest absolute Gasteiger partial charge is 0.249 e. The Morgan fingerprint density at radius 1 is 1.16 bits per heavy atom. The minimum Gasteiger partial charge on any atom is -0.373 e. The number of benzene rings is 1. The number of rotatable bonds is 4. The summed E-state index contributed by atoms with van der Waals surface area (Å²) in [5.41, 5.74) is 1.45. The van der Waals surface area contributed by atoms with Crippen molar-refractivity contribution in [2.45, 2.75) is 12.1 Å². The number of hydrogen-bond donors (Lipinski definition) is 1. The Balaban J connectivity index is 2.61. The number of sulfone groups is 1. The van der Waals surface area contributed by atoms with E-state index < -0.39 is 9.84 Å². The van der Waals surface area contributed by atoms with E-state index in [-0.39, 0.29) is 10.9 Å². The van der Waals surface area contributed by atoms with E-state index in [1.165, 1.54) is 0 Å². The number of aromatic nitrogens is 2. The lowest BCUT2D eigenvalue weighted by molar-refractivity contribution is 0.588. The fourth-order valence-electron chi connectivity index (χ4n) is 1.58. The first-order valence-electron chi connectivity index (χ1n) is 5.92. The predicted molar refractivity (Wildman–Crippen MR) is 74.7 cm³/mol. The summed E-state index contributed by atoms with van der Waals surface area (Å²) in [5.74, 6) is 0.467. The molecule has 1 aromatic carbocycles. The van der Waals surface area contributed by atoms with Crippen molar-refractivity contribution < 1.29 is 8.42 Å². The first-order valence-corrected chi connectivity index (χ1v) is 7.57. The van der Waals surface area contributed by atoms with Gasteiger partial charge < -0.3 is 5.32 Å². The summed E-state index contributed by atoms with van der Waals surface area (Å²) in [5, 5.41) is 2.72. The Kier molecular flexibility index (Phi) is 3.80. The highest BCUT2D eigenvalue weighted by molar-refractivity contribution is 7.91. The SMILES string of the molecule is CCS(=O)(=O)c1nc(NC)cc(-c2ccccc2)n1. The molecule has 1 aromatic heterocycles. The highest BCUT2D eigenvalue weighted by atomic mass is 32.2. The van der Waals surface area contributed by atoms with Gasteiger partial charge in [0.25, 0.3) is 0 Å². The molecule has 0 spiro atoms. The maximum Gasteiger partial charge on any atom is 0.249 e. The molecule has 0 fully saturated rings. The fourth-order valence-corrected chi connectivity index (χ4v) is 2.31. The third-order valence-electron chi connectivity index (χ3n) is 2.69. The van der Waals surface area contributed by atoms with Gasteiger partial charge in [0.15, 0.2) is 0 Å². The molecule has 5 nitrogen and oxygen atoms in total. The molecule has 1 N–H and O–H groups in total. The van der Waals surface area contributed by atoms with Crippen LogP contribution in [0.5, 0.6) is 0 Å². The van der Waals surface area contributed by atoms with Crippen molar-refractivity contribution in [3.63, 3.8) is 0 Å². The first kappa shape index (κ1) is 13.5. The van der Waals surface area contributed by atoms with E-state index in [2.05, 4.69) is 15.3 Å². The van der Waals surface area contributed by atoms with Crippen molar-refractivity contribution in [2.75, 3.05) is 18.1 Å². The zero-order valence-electron chi connectivity index (χ0n) is 10.8. The molecule has 1 heterocycles. The first-order chi connectivity index (χ1) is 9.06. The molecular weight excluding hydrogens is 262 g/mol. The maximum absolute atomic E-state index is 11.9. The third-order valence-corrected chi connectivity index (χ3v) is 4.19. The molecule has 0 saturated heterocycles. The fraction of sp³-hybridized carbons (Fsp3) is 0.231. The molecule has 0 atom stereocenters. The van der Waals surface area contributed by atoms with E-state index in [0.717, 1.165) is 5.56 Å². The zero-order valence-corrected chi connectivity index (χ0v) is 11.6. The average Bonchev–Trinajstić information content (AvgIpc) is 2.47. The van der Waals surface area contributed by atoms with Gasteiger partial charge in [0.05, 0.1) is 11.4 Å². The molecule has 0 unspecified atom stereocenters. The van der Waals surface area contributed by atoms with Gasteiger partial charge in [0.1, 0.15) is 5.82 Å². The summed E-state index contributed by atoms with van der Waals surface area (Å²) in [6.07, 6.45) is 0. The molecule has 0 aliphatic carbocycles. The van der Waals surface area contributed by atoms with Gasteiger partial charge in [-0.3, -0.25) is 0 Å². The van der Waals surface area contributed by atoms with Crippen molar-refractivity contribution in [2.24, 2.45) is 0 Å². The normalized spacial score (nSPS) is 11.3. The number of hydrogen-bond acceptors (Lipinski definition) is 5. The molecule has 0 saturated carbocycles. The van der Waals surface area contributed by atoms with Gasteiger partial charge in [-0.1, -0.05) is 37.3 Å². The molecule has 6 heteroatoms. The van der Waals surface area contributed by atoms with Crippen LogP contribution in [-0.4, -0.2) is 31.2 Å². The van der Waals surface area contributed by atoms with Crippen LogP contribution in [0.1, 0.15) is 6.92 Å². The van der Waals surface area contributed by atoms with E-state index in [1.54, 1.807) is 20.0 Å². The minimum atomic E-state index is -3.42. The minimum absolute atomic E-state index is 0.0194. The second kappa shape index (κ2) is 5.36. The summed E-state index contributed by atoms with van der Waals surface area (Å²) < 4.78 is 23.8. The van der Waals surface area contributed by atoms with Crippen molar-refractivity contribution >= 4 is 15.7 Å². The Bertz CT molecular complexity index is 670. The van der Waals surface area contributed by atoms with Crippen LogP contribution >= 0.6 is 0 Å². The summed E-state index contributed by atoms with van der Waals surface area (Å²) >= 11 is 0. The molecule has 2 aromatic rings.